The van der Waals surface area contributed by atoms with E-state index in [1.807, 2.05) is 12.1 Å². The van der Waals surface area contributed by atoms with Gasteiger partial charge in [-0.05, 0) is 55.3 Å². The van der Waals surface area contributed by atoms with E-state index in [0.717, 1.165) is 21.5 Å². The second kappa shape index (κ2) is 8.76. The molecule has 6 rings (SSSR count). The number of carbonyl (C=O) groups excluding carboxylic acids is 1. The van der Waals surface area contributed by atoms with Crippen LogP contribution in [0.4, 0.5) is 5.69 Å². The van der Waals surface area contributed by atoms with Gasteiger partial charge in [-0.3, -0.25) is 14.2 Å². The average Bonchev–Trinajstić information content (AvgIpc) is 3.26. The fourth-order valence-electron chi connectivity index (χ4n) is 4.20. The summed E-state index contributed by atoms with van der Waals surface area (Å²) in [7, 11) is 0. The summed E-state index contributed by atoms with van der Waals surface area (Å²) in [6, 6.07) is 15.3. The van der Waals surface area contributed by atoms with E-state index in [9.17, 15) is 9.59 Å². The molecule has 0 saturated heterocycles. The zero-order valence-electron chi connectivity index (χ0n) is 19.7. The van der Waals surface area contributed by atoms with Crippen LogP contribution in [-0.2, 0) is 11.3 Å². The highest BCUT2D eigenvalue weighted by atomic mass is 32.1. The molecule has 0 saturated carbocycles. The summed E-state index contributed by atoms with van der Waals surface area (Å²) in [5.41, 5.74) is 5.19. The molecule has 0 radical (unpaired) electrons. The first kappa shape index (κ1) is 22.2. The molecular formula is C27H22N4O4S. The van der Waals surface area contributed by atoms with E-state index in [-0.39, 0.29) is 18.0 Å². The van der Waals surface area contributed by atoms with Crippen LogP contribution in [0.3, 0.4) is 0 Å². The summed E-state index contributed by atoms with van der Waals surface area (Å²) in [4.78, 5) is 35.9. The summed E-state index contributed by atoms with van der Waals surface area (Å²) >= 11 is 1.30. The van der Waals surface area contributed by atoms with Gasteiger partial charge >= 0.3 is 0 Å². The molecule has 8 nitrogen and oxygen atoms in total. The van der Waals surface area contributed by atoms with Crippen molar-refractivity contribution in [2.75, 3.05) is 18.5 Å². The number of carbonyl (C=O) groups is 1. The molecule has 0 atom stereocenters. The second-order valence-electron chi connectivity index (χ2n) is 8.71. The van der Waals surface area contributed by atoms with E-state index in [1.165, 1.54) is 33.4 Å². The van der Waals surface area contributed by atoms with Crippen molar-refractivity contribution in [3.05, 3.63) is 76.3 Å². The molecule has 1 N–H and O–H groups in total. The predicted octanol–water partition coefficient (Wildman–Crippen LogP) is 4.70. The molecule has 3 aromatic heterocycles. The number of benzene rings is 2. The lowest BCUT2D eigenvalue weighted by atomic mass is 10.0. The molecule has 0 fully saturated rings. The minimum Gasteiger partial charge on any atom is -0.486 e. The van der Waals surface area contributed by atoms with Gasteiger partial charge in [-0.15, -0.1) is 11.3 Å². The summed E-state index contributed by atoms with van der Waals surface area (Å²) in [5, 5.41) is 3.63. The van der Waals surface area contributed by atoms with Crippen molar-refractivity contribution in [2.24, 2.45) is 0 Å². The lowest BCUT2D eigenvalue weighted by Gasteiger charge is -2.19. The third-order valence-corrected chi connectivity index (χ3v) is 7.33. The number of aromatic nitrogens is 3. The van der Waals surface area contributed by atoms with Crippen LogP contribution in [0.25, 0.3) is 31.7 Å². The SMILES string of the molecule is Cc1ccc(-c2ccc3c(n2)sc2c(=O)n(CC(=O)Nc4ccc5c(c4)OCCO5)cnc23)cc1C. The molecular weight excluding hydrogens is 476 g/mol. The minimum absolute atomic E-state index is 0.161. The first-order chi connectivity index (χ1) is 17.5. The number of hydrogen-bond donors (Lipinski definition) is 1. The van der Waals surface area contributed by atoms with Crippen LogP contribution in [0, 0.1) is 13.8 Å². The average molecular weight is 499 g/mol. The molecule has 1 amide bonds. The monoisotopic (exact) mass is 498 g/mol. The van der Waals surface area contributed by atoms with E-state index in [0.29, 0.717) is 40.6 Å². The second-order valence-corrected chi connectivity index (χ2v) is 9.71. The van der Waals surface area contributed by atoms with Crippen molar-refractivity contribution < 1.29 is 14.3 Å². The Labute approximate surface area is 210 Å². The zero-order chi connectivity index (χ0) is 24.8. The van der Waals surface area contributed by atoms with Gasteiger partial charge in [-0.2, -0.15) is 0 Å². The lowest BCUT2D eigenvalue weighted by Crippen LogP contribution is -2.27. The van der Waals surface area contributed by atoms with Gasteiger partial charge < -0.3 is 14.8 Å². The van der Waals surface area contributed by atoms with Crippen molar-refractivity contribution in [2.45, 2.75) is 20.4 Å². The van der Waals surface area contributed by atoms with Crippen molar-refractivity contribution >= 4 is 43.4 Å². The molecule has 0 spiro atoms. The molecule has 1 aliphatic rings. The Morgan fingerprint density at radius 1 is 1.03 bits per heavy atom. The number of hydrogen-bond acceptors (Lipinski definition) is 7. The number of fused-ring (bicyclic) bond motifs is 4. The number of anilines is 1. The van der Waals surface area contributed by atoms with E-state index >= 15 is 0 Å². The van der Waals surface area contributed by atoms with Gasteiger partial charge in [0, 0.05) is 22.7 Å². The van der Waals surface area contributed by atoms with Crippen molar-refractivity contribution in [1.82, 2.24) is 14.5 Å². The zero-order valence-corrected chi connectivity index (χ0v) is 20.5. The normalized spacial score (nSPS) is 12.7. The van der Waals surface area contributed by atoms with Crippen LogP contribution in [-0.4, -0.2) is 33.7 Å². The Morgan fingerprint density at radius 2 is 1.86 bits per heavy atom. The number of amides is 1. The van der Waals surface area contributed by atoms with Crippen LogP contribution in [0.15, 0.2) is 59.7 Å². The topological polar surface area (TPSA) is 95.3 Å². The van der Waals surface area contributed by atoms with Gasteiger partial charge in [0.05, 0.1) is 17.5 Å². The molecule has 180 valence electrons. The molecule has 0 bridgehead atoms. The Kier molecular flexibility index (Phi) is 5.41. The van der Waals surface area contributed by atoms with Crippen LogP contribution in [0.5, 0.6) is 11.5 Å². The van der Waals surface area contributed by atoms with E-state index in [2.05, 4.69) is 42.3 Å². The summed E-state index contributed by atoms with van der Waals surface area (Å²) < 4.78 is 12.9. The summed E-state index contributed by atoms with van der Waals surface area (Å²) in [6.07, 6.45) is 1.41. The smallest absolute Gasteiger partial charge is 0.271 e. The Balaban J connectivity index is 1.28. The van der Waals surface area contributed by atoms with Crippen LogP contribution >= 0.6 is 11.3 Å². The number of ether oxygens (including phenoxy) is 2. The van der Waals surface area contributed by atoms with E-state index in [4.69, 9.17) is 14.5 Å². The Morgan fingerprint density at radius 3 is 2.69 bits per heavy atom. The number of rotatable bonds is 4. The molecule has 36 heavy (non-hydrogen) atoms. The number of nitrogens with one attached hydrogen (secondary N) is 1. The first-order valence-electron chi connectivity index (χ1n) is 11.5. The highest BCUT2D eigenvalue weighted by molar-refractivity contribution is 7.25. The fourth-order valence-corrected chi connectivity index (χ4v) is 5.28. The summed E-state index contributed by atoms with van der Waals surface area (Å²) in [6.45, 7) is 4.95. The van der Waals surface area contributed by atoms with Gasteiger partial charge in [0.15, 0.2) is 11.5 Å². The molecule has 9 heteroatoms. The third kappa shape index (κ3) is 3.97. The predicted molar refractivity (Wildman–Crippen MR) is 140 cm³/mol. The van der Waals surface area contributed by atoms with Gasteiger partial charge in [0.25, 0.3) is 5.56 Å². The largest absolute Gasteiger partial charge is 0.486 e. The molecule has 1 aliphatic heterocycles. The molecule has 0 aliphatic carbocycles. The lowest BCUT2D eigenvalue weighted by molar-refractivity contribution is -0.116. The molecule has 5 aromatic rings. The van der Waals surface area contributed by atoms with Crippen molar-refractivity contribution in [3.8, 4) is 22.8 Å². The fraction of sp³-hybridized carbons (Fsp3) is 0.185. The van der Waals surface area contributed by atoms with Gasteiger partial charge in [-0.1, -0.05) is 12.1 Å². The molecule has 4 heterocycles. The first-order valence-corrected chi connectivity index (χ1v) is 12.3. The maximum atomic E-state index is 13.2. The van der Waals surface area contributed by atoms with Gasteiger partial charge in [0.1, 0.15) is 29.3 Å². The van der Waals surface area contributed by atoms with Gasteiger partial charge in [0.2, 0.25) is 5.91 Å². The van der Waals surface area contributed by atoms with Crippen LogP contribution in [0.2, 0.25) is 0 Å². The minimum atomic E-state index is -0.341. The maximum Gasteiger partial charge on any atom is 0.271 e. The number of aryl methyl sites for hydroxylation is 2. The van der Waals surface area contributed by atoms with Crippen LogP contribution in [0.1, 0.15) is 11.1 Å². The van der Waals surface area contributed by atoms with Crippen molar-refractivity contribution in [1.29, 1.82) is 0 Å². The quantitative estimate of drug-likeness (QED) is 0.386. The van der Waals surface area contributed by atoms with E-state index < -0.39 is 0 Å². The third-order valence-electron chi connectivity index (χ3n) is 6.25. The highest BCUT2D eigenvalue weighted by Gasteiger charge is 2.16. The Bertz CT molecular complexity index is 1720. The summed E-state index contributed by atoms with van der Waals surface area (Å²) in [5.74, 6) is 0.882. The highest BCUT2D eigenvalue weighted by Crippen LogP contribution is 2.33. The molecule has 0 unspecified atom stereocenters. The van der Waals surface area contributed by atoms with Gasteiger partial charge in [-0.25, -0.2) is 9.97 Å². The number of nitrogens with zero attached hydrogens (tertiary/aromatic N) is 3. The number of thiophene rings is 1. The van der Waals surface area contributed by atoms with E-state index in [1.54, 1.807) is 18.2 Å². The molecule has 2 aromatic carbocycles. The van der Waals surface area contributed by atoms with Crippen molar-refractivity contribution in [3.63, 3.8) is 0 Å². The Hall–Kier alpha value is -4.24. The van der Waals surface area contributed by atoms with Crippen LogP contribution < -0.4 is 20.3 Å². The maximum absolute atomic E-state index is 13.2. The standard InChI is InChI=1S/C27H22N4O4S/c1-15-3-4-17(11-16(15)2)20-7-6-19-24-25(36-26(19)30-20)27(33)31(14-28-24)13-23(32)29-18-5-8-21-22(12-18)35-10-9-34-21/h3-8,11-12,14H,9-10,13H2,1-2H3,(H,29,32). The number of pyridine rings is 1.